The van der Waals surface area contributed by atoms with Crippen LogP contribution in [-0.2, 0) is 27.7 Å². The number of piperidine rings is 1. The van der Waals surface area contributed by atoms with E-state index in [1.54, 1.807) is 6.07 Å². The summed E-state index contributed by atoms with van der Waals surface area (Å²) in [5.41, 5.74) is -0.394. The molecular formula is C23H25ClF3N5O3S. The van der Waals surface area contributed by atoms with Gasteiger partial charge >= 0.3 is 6.18 Å². The molecule has 0 unspecified atom stereocenters. The van der Waals surface area contributed by atoms with Gasteiger partial charge in [-0.15, -0.1) is 10.2 Å². The van der Waals surface area contributed by atoms with Gasteiger partial charge in [0.05, 0.1) is 23.7 Å². The lowest BCUT2D eigenvalue weighted by Crippen LogP contribution is -2.52. The van der Waals surface area contributed by atoms with Crippen LogP contribution >= 0.6 is 11.6 Å². The molecule has 36 heavy (non-hydrogen) atoms. The van der Waals surface area contributed by atoms with E-state index < -0.39 is 27.3 Å². The predicted octanol–water partition coefficient (Wildman–Crippen LogP) is 3.08. The van der Waals surface area contributed by atoms with Crippen LogP contribution in [0.3, 0.4) is 0 Å². The zero-order chi connectivity index (χ0) is 25.5. The van der Waals surface area contributed by atoms with E-state index in [0.29, 0.717) is 42.6 Å². The van der Waals surface area contributed by atoms with Crippen LogP contribution in [0.4, 0.5) is 13.2 Å². The maximum Gasteiger partial charge on any atom is 0.403 e. The van der Waals surface area contributed by atoms with Gasteiger partial charge in [0.2, 0.25) is 5.91 Å². The highest BCUT2D eigenvalue weighted by molar-refractivity contribution is 7.92. The third kappa shape index (κ3) is 3.92. The number of alkyl halides is 3. The van der Waals surface area contributed by atoms with Gasteiger partial charge in [0, 0.05) is 36.6 Å². The normalized spacial score (nSPS) is 23.9. The van der Waals surface area contributed by atoms with Crippen molar-refractivity contribution in [1.82, 2.24) is 24.6 Å². The molecule has 2 saturated heterocycles. The third-order valence-corrected chi connectivity index (χ3v) is 10.0. The molecular weight excluding hydrogens is 519 g/mol. The van der Waals surface area contributed by atoms with Gasteiger partial charge in [-0.05, 0) is 49.4 Å². The van der Waals surface area contributed by atoms with E-state index in [1.165, 1.54) is 4.90 Å². The maximum atomic E-state index is 13.4. The molecule has 1 aromatic carbocycles. The number of hydrogen-bond donors (Lipinski definition) is 0. The summed E-state index contributed by atoms with van der Waals surface area (Å²) < 4.78 is 65.9. The van der Waals surface area contributed by atoms with Crippen molar-refractivity contribution in [2.75, 3.05) is 24.6 Å². The number of nitrogens with zero attached hydrogens (tertiary/aromatic N) is 5. The van der Waals surface area contributed by atoms with Crippen LogP contribution in [0, 0.1) is 5.41 Å². The first-order chi connectivity index (χ1) is 17.0. The van der Waals surface area contributed by atoms with Crippen molar-refractivity contribution in [3.63, 3.8) is 0 Å². The number of sulfone groups is 1. The number of carbonyl (C=O) groups excluding carboxylic acids is 1. The lowest BCUT2D eigenvalue weighted by Gasteiger charge is -2.35. The first-order valence-electron chi connectivity index (χ1n) is 12.0. The second-order valence-corrected chi connectivity index (χ2v) is 13.0. The highest BCUT2D eigenvalue weighted by Gasteiger charge is 2.69. The Hall–Kier alpha value is -2.18. The van der Waals surface area contributed by atoms with Crippen LogP contribution in [0.5, 0.6) is 0 Å². The van der Waals surface area contributed by atoms with Crippen LogP contribution in [0.15, 0.2) is 18.2 Å². The molecule has 1 amide bonds. The Morgan fingerprint density at radius 3 is 2.39 bits per heavy atom. The number of aromatic nitrogens is 3. The van der Waals surface area contributed by atoms with E-state index in [9.17, 15) is 26.4 Å². The number of fused-ring (bicyclic) bond motifs is 3. The minimum absolute atomic E-state index is 0.0736. The summed E-state index contributed by atoms with van der Waals surface area (Å²) in [7, 11) is -3.01. The van der Waals surface area contributed by atoms with E-state index in [2.05, 4.69) is 15.1 Å². The number of carbonyl (C=O) groups is 1. The number of likely N-dealkylation sites (tertiary alicyclic amines) is 1. The SMILES string of the molecule is O=C(N1CCC(c2nnc3n2-c2ccc(Cl)cc2CN(C2CS(=O)(=O)C2)C3)CC1)C1(C(F)(F)F)CC1. The zero-order valence-corrected chi connectivity index (χ0v) is 20.9. The van der Waals surface area contributed by atoms with Gasteiger partial charge in [-0.25, -0.2) is 8.42 Å². The van der Waals surface area contributed by atoms with E-state index in [1.807, 2.05) is 16.7 Å². The Kier molecular flexibility index (Phi) is 5.48. The van der Waals surface area contributed by atoms with Gasteiger partial charge < -0.3 is 4.90 Å². The summed E-state index contributed by atoms with van der Waals surface area (Å²) in [5, 5.41) is 9.48. The summed E-state index contributed by atoms with van der Waals surface area (Å²) in [6.07, 6.45) is -3.80. The van der Waals surface area contributed by atoms with Crippen LogP contribution in [-0.4, -0.2) is 75.7 Å². The molecule has 3 aliphatic heterocycles. The van der Waals surface area contributed by atoms with Crippen molar-refractivity contribution < 1.29 is 26.4 Å². The monoisotopic (exact) mass is 543 g/mol. The lowest BCUT2D eigenvalue weighted by molar-refractivity contribution is -0.199. The van der Waals surface area contributed by atoms with Crippen molar-refractivity contribution in [3.8, 4) is 5.69 Å². The molecule has 194 valence electrons. The number of hydrogen-bond acceptors (Lipinski definition) is 6. The van der Waals surface area contributed by atoms with Gasteiger partial charge in [-0.2, -0.15) is 13.2 Å². The van der Waals surface area contributed by atoms with E-state index >= 15 is 0 Å². The van der Waals surface area contributed by atoms with E-state index in [0.717, 1.165) is 11.3 Å². The third-order valence-electron chi connectivity index (χ3n) is 8.01. The topological polar surface area (TPSA) is 88.4 Å². The van der Waals surface area contributed by atoms with Crippen LogP contribution < -0.4 is 0 Å². The minimum atomic E-state index is -4.51. The quantitative estimate of drug-likeness (QED) is 0.591. The van der Waals surface area contributed by atoms with Gasteiger partial charge in [-0.3, -0.25) is 14.3 Å². The first kappa shape index (κ1) is 24.2. The number of amides is 1. The highest BCUT2D eigenvalue weighted by atomic mass is 35.5. The van der Waals surface area contributed by atoms with Gasteiger partial charge in [-0.1, -0.05) is 11.6 Å². The molecule has 0 N–H and O–H groups in total. The molecule has 4 heterocycles. The maximum absolute atomic E-state index is 13.4. The van der Waals surface area contributed by atoms with Gasteiger partial charge in [0.25, 0.3) is 0 Å². The molecule has 1 saturated carbocycles. The zero-order valence-electron chi connectivity index (χ0n) is 19.3. The molecule has 0 radical (unpaired) electrons. The van der Waals surface area contributed by atoms with Crippen molar-refractivity contribution in [3.05, 3.63) is 40.4 Å². The Labute approximate surface area is 211 Å². The standard InChI is InChI=1S/C23H25ClF3N5O3S/c24-16-1-2-18-15(9-16)10-31(17-12-36(34,35)13-17)11-19-28-29-20(32(18)19)14-3-7-30(8-4-14)21(33)22(5-6-22)23(25,26)27/h1-2,9,14,17H,3-8,10-13H2. The van der Waals surface area contributed by atoms with Crippen molar-refractivity contribution in [2.24, 2.45) is 5.41 Å². The van der Waals surface area contributed by atoms with Crippen LogP contribution in [0.2, 0.25) is 5.02 Å². The second kappa shape index (κ2) is 8.16. The Balaban J connectivity index is 1.26. The average molecular weight is 544 g/mol. The second-order valence-electron chi connectivity index (χ2n) is 10.4. The van der Waals surface area contributed by atoms with Crippen LogP contribution in [0.25, 0.3) is 5.69 Å². The molecule has 0 bridgehead atoms. The molecule has 0 spiro atoms. The predicted molar refractivity (Wildman–Crippen MR) is 124 cm³/mol. The summed E-state index contributed by atoms with van der Waals surface area (Å²) in [6.45, 7) is 1.42. The van der Waals surface area contributed by atoms with Gasteiger partial charge in [0.1, 0.15) is 11.2 Å². The Bertz CT molecular complexity index is 1320. The minimum Gasteiger partial charge on any atom is -0.342 e. The van der Waals surface area contributed by atoms with E-state index in [-0.39, 0.29) is 49.4 Å². The van der Waals surface area contributed by atoms with Crippen molar-refractivity contribution in [1.29, 1.82) is 0 Å². The highest BCUT2D eigenvalue weighted by Crippen LogP contribution is 2.58. The molecule has 1 aromatic heterocycles. The average Bonchev–Trinajstić information content (AvgIpc) is 3.55. The summed E-state index contributed by atoms with van der Waals surface area (Å²) in [4.78, 5) is 16.1. The van der Waals surface area contributed by atoms with E-state index in [4.69, 9.17) is 11.6 Å². The summed E-state index contributed by atoms with van der Waals surface area (Å²) >= 11 is 6.29. The molecule has 2 aromatic rings. The fourth-order valence-electron chi connectivity index (χ4n) is 5.71. The Morgan fingerprint density at radius 2 is 1.78 bits per heavy atom. The molecule has 6 rings (SSSR count). The fraction of sp³-hybridized carbons (Fsp3) is 0.609. The van der Waals surface area contributed by atoms with Crippen molar-refractivity contribution >= 4 is 27.3 Å². The number of rotatable bonds is 3. The fourth-order valence-corrected chi connectivity index (χ4v) is 7.40. The molecule has 0 atom stereocenters. The largest absolute Gasteiger partial charge is 0.403 e. The molecule has 1 aliphatic carbocycles. The number of benzene rings is 1. The summed E-state index contributed by atoms with van der Waals surface area (Å²) in [6, 6.07) is 5.44. The summed E-state index contributed by atoms with van der Waals surface area (Å²) in [5.74, 6) is 0.727. The molecule has 8 nitrogen and oxygen atoms in total. The first-order valence-corrected chi connectivity index (χ1v) is 14.2. The van der Waals surface area contributed by atoms with Crippen molar-refractivity contribution in [2.45, 2.75) is 56.9 Å². The molecule has 3 fully saturated rings. The Morgan fingerprint density at radius 1 is 1.08 bits per heavy atom. The lowest BCUT2D eigenvalue weighted by atomic mass is 9.93. The van der Waals surface area contributed by atoms with Crippen LogP contribution in [0.1, 0.15) is 48.8 Å². The van der Waals surface area contributed by atoms with Gasteiger partial charge in [0.15, 0.2) is 15.7 Å². The number of halogens is 4. The molecule has 13 heteroatoms. The molecule has 4 aliphatic rings. The smallest absolute Gasteiger partial charge is 0.342 e.